The highest BCUT2D eigenvalue weighted by Gasteiger charge is 1.94. The van der Waals surface area contributed by atoms with Gasteiger partial charge in [-0.2, -0.15) is 0 Å². The number of benzene rings is 1. The van der Waals surface area contributed by atoms with Crippen LogP contribution in [-0.2, 0) is 0 Å². The van der Waals surface area contributed by atoms with E-state index in [4.69, 9.17) is 16.3 Å². The van der Waals surface area contributed by atoms with Gasteiger partial charge in [-0.15, -0.1) is 23.4 Å². The van der Waals surface area contributed by atoms with Crippen molar-refractivity contribution in [3.8, 4) is 5.75 Å². The van der Waals surface area contributed by atoms with Crippen LogP contribution in [0, 0.1) is 0 Å². The summed E-state index contributed by atoms with van der Waals surface area (Å²) in [4.78, 5) is 1.27. The molecule has 0 saturated heterocycles. The van der Waals surface area contributed by atoms with E-state index in [1.165, 1.54) is 4.90 Å². The van der Waals surface area contributed by atoms with Crippen molar-refractivity contribution in [3.05, 3.63) is 24.3 Å². The quantitative estimate of drug-likeness (QED) is 0.424. The standard InChI is InChI=1S/C10H13ClOS/c1-12-9-3-5-10(6-4-9)13-8-2-7-11/h3-6H,2,7-8H2,1H3. The van der Waals surface area contributed by atoms with E-state index in [0.29, 0.717) is 0 Å². The highest BCUT2D eigenvalue weighted by Crippen LogP contribution is 2.21. The van der Waals surface area contributed by atoms with E-state index in [-0.39, 0.29) is 0 Å². The Balaban J connectivity index is 2.40. The summed E-state index contributed by atoms with van der Waals surface area (Å²) in [5, 5.41) is 0. The molecule has 13 heavy (non-hydrogen) atoms. The van der Waals surface area contributed by atoms with Gasteiger partial charge in [-0.3, -0.25) is 0 Å². The maximum Gasteiger partial charge on any atom is 0.118 e. The van der Waals surface area contributed by atoms with E-state index in [2.05, 4.69) is 12.1 Å². The van der Waals surface area contributed by atoms with Gasteiger partial charge in [0.15, 0.2) is 0 Å². The van der Waals surface area contributed by atoms with E-state index < -0.39 is 0 Å². The number of thioether (sulfide) groups is 1. The zero-order valence-electron chi connectivity index (χ0n) is 7.63. The minimum Gasteiger partial charge on any atom is -0.497 e. The molecule has 0 aliphatic carbocycles. The third-order valence-electron chi connectivity index (χ3n) is 1.61. The summed E-state index contributed by atoms with van der Waals surface area (Å²) in [6.45, 7) is 0. The average Bonchev–Trinajstić information content (AvgIpc) is 2.19. The lowest BCUT2D eigenvalue weighted by Crippen LogP contribution is -1.83. The number of ether oxygens (including phenoxy) is 1. The summed E-state index contributed by atoms with van der Waals surface area (Å²) in [5.41, 5.74) is 0. The van der Waals surface area contributed by atoms with Gasteiger partial charge >= 0.3 is 0 Å². The molecule has 3 heteroatoms. The van der Waals surface area contributed by atoms with Gasteiger partial charge in [0, 0.05) is 10.8 Å². The summed E-state index contributed by atoms with van der Waals surface area (Å²) < 4.78 is 5.06. The molecule has 0 aliphatic heterocycles. The van der Waals surface area contributed by atoms with Crippen molar-refractivity contribution in [2.45, 2.75) is 11.3 Å². The normalized spacial score (nSPS) is 10.0. The smallest absolute Gasteiger partial charge is 0.118 e. The topological polar surface area (TPSA) is 9.23 Å². The number of halogens is 1. The molecule has 0 radical (unpaired) electrons. The lowest BCUT2D eigenvalue weighted by molar-refractivity contribution is 0.414. The Labute approximate surface area is 88.4 Å². The van der Waals surface area contributed by atoms with Gasteiger partial charge < -0.3 is 4.74 Å². The molecule has 1 rings (SSSR count). The van der Waals surface area contributed by atoms with Crippen LogP contribution in [0.4, 0.5) is 0 Å². The first kappa shape index (κ1) is 10.7. The third-order valence-corrected chi connectivity index (χ3v) is 2.97. The molecule has 0 aromatic heterocycles. The van der Waals surface area contributed by atoms with E-state index in [9.17, 15) is 0 Å². The molecule has 0 amide bonds. The van der Waals surface area contributed by atoms with Crippen LogP contribution in [0.2, 0.25) is 0 Å². The van der Waals surface area contributed by atoms with Crippen molar-refractivity contribution in [1.29, 1.82) is 0 Å². The third kappa shape index (κ3) is 3.92. The van der Waals surface area contributed by atoms with Gasteiger partial charge in [-0.25, -0.2) is 0 Å². The van der Waals surface area contributed by atoms with Crippen LogP contribution in [0.3, 0.4) is 0 Å². The molecular formula is C10H13ClOS. The second kappa shape index (κ2) is 6.17. The second-order valence-corrected chi connectivity index (χ2v) is 4.11. The van der Waals surface area contributed by atoms with Crippen LogP contribution < -0.4 is 4.74 Å². The molecule has 1 nitrogen and oxygen atoms in total. The molecule has 0 bridgehead atoms. The van der Waals surface area contributed by atoms with Crippen LogP contribution in [0.25, 0.3) is 0 Å². The molecule has 0 heterocycles. The van der Waals surface area contributed by atoms with E-state index in [0.717, 1.165) is 23.8 Å². The van der Waals surface area contributed by atoms with Crippen LogP contribution >= 0.6 is 23.4 Å². The van der Waals surface area contributed by atoms with Crippen molar-refractivity contribution >= 4 is 23.4 Å². The number of methoxy groups -OCH3 is 1. The highest BCUT2D eigenvalue weighted by atomic mass is 35.5. The van der Waals surface area contributed by atoms with Crippen LogP contribution in [0.5, 0.6) is 5.75 Å². The predicted octanol–water partition coefficient (Wildman–Crippen LogP) is 3.42. The fourth-order valence-electron chi connectivity index (χ4n) is 0.917. The second-order valence-electron chi connectivity index (χ2n) is 2.57. The molecule has 0 fully saturated rings. The summed E-state index contributed by atoms with van der Waals surface area (Å²) in [5.74, 6) is 2.72. The van der Waals surface area contributed by atoms with Crippen LogP contribution in [-0.4, -0.2) is 18.7 Å². The first-order valence-electron chi connectivity index (χ1n) is 4.19. The molecule has 0 saturated carbocycles. The van der Waals surface area contributed by atoms with Crippen molar-refractivity contribution in [2.24, 2.45) is 0 Å². The monoisotopic (exact) mass is 216 g/mol. The minimum absolute atomic E-state index is 0.739. The highest BCUT2D eigenvalue weighted by molar-refractivity contribution is 7.99. The maximum absolute atomic E-state index is 5.58. The van der Waals surface area contributed by atoms with Gasteiger partial charge in [-0.05, 0) is 36.4 Å². The lowest BCUT2D eigenvalue weighted by Gasteiger charge is -2.02. The Kier molecular flexibility index (Phi) is 5.09. The van der Waals surface area contributed by atoms with Gasteiger partial charge in [0.1, 0.15) is 5.75 Å². The number of hydrogen-bond acceptors (Lipinski definition) is 2. The number of hydrogen-bond donors (Lipinski definition) is 0. The van der Waals surface area contributed by atoms with E-state index in [1.54, 1.807) is 7.11 Å². The molecule has 0 unspecified atom stereocenters. The molecule has 0 aliphatic rings. The number of alkyl halides is 1. The zero-order valence-corrected chi connectivity index (χ0v) is 9.20. The molecule has 1 aromatic rings. The Morgan fingerprint density at radius 2 is 2.00 bits per heavy atom. The van der Waals surface area contributed by atoms with Gasteiger partial charge in [0.2, 0.25) is 0 Å². The average molecular weight is 217 g/mol. The SMILES string of the molecule is COc1ccc(SCCCCl)cc1. The molecule has 72 valence electrons. The first-order chi connectivity index (χ1) is 6.36. The predicted molar refractivity (Wildman–Crippen MR) is 59.1 cm³/mol. The summed E-state index contributed by atoms with van der Waals surface area (Å²) in [6.07, 6.45) is 1.05. The van der Waals surface area contributed by atoms with Crippen molar-refractivity contribution in [3.63, 3.8) is 0 Å². The maximum atomic E-state index is 5.58. The van der Waals surface area contributed by atoms with Crippen molar-refractivity contribution < 1.29 is 4.74 Å². The van der Waals surface area contributed by atoms with E-state index >= 15 is 0 Å². The zero-order chi connectivity index (χ0) is 9.52. The Hall–Kier alpha value is -0.340. The molecular weight excluding hydrogens is 204 g/mol. The van der Waals surface area contributed by atoms with Crippen LogP contribution in [0.15, 0.2) is 29.2 Å². The summed E-state index contributed by atoms with van der Waals surface area (Å²) in [6, 6.07) is 8.08. The van der Waals surface area contributed by atoms with Gasteiger partial charge in [0.25, 0.3) is 0 Å². The Bertz CT molecular complexity index is 235. The summed E-state index contributed by atoms with van der Waals surface area (Å²) in [7, 11) is 1.68. The molecule has 1 aromatic carbocycles. The van der Waals surface area contributed by atoms with Gasteiger partial charge in [0.05, 0.1) is 7.11 Å². The lowest BCUT2D eigenvalue weighted by atomic mass is 10.3. The molecule has 0 N–H and O–H groups in total. The fraction of sp³-hybridized carbons (Fsp3) is 0.400. The number of rotatable bonds is 5. The van der Waals surface area contributed by atoms with Gasteiger partial charge in [-0.1, -0.05) is 0 Å². The molecule has 0 spiro atoms. The van der Waals surface area contributed by atoms with Crippen molar-refractivity contribution in [2.75, 3.05) is 18.7 Å². The summed E-state index contributed by atoms with van der Waals surface area (Å²) >= 11 is 7.41. The van der Waals surface area contributed by atoms with Crippen molar-refractivity contribution in [1.82, 2.24) is 0 Å². The fourth-order valence-corrected chi connectivity index (χ4v) is 2.06. The van der Waals surface area contributed by atoms with E-state index in [1.807, 2.05) is 23.9 Å². The Morgan fingerprint density at radius 3 is 2.54 bits per heavy atom. The largest absolute Gasteiger partial charge is 0.497 e. The minimum atomic E-state index is 0.739. The first-order valence-corrected chi connectivity index (χ1v) is 5.71. The van der Waals surface area contributed by atoms with Crippen LogP contribution in [0.1, 0.15) is 6.42 Å². The molecule has 0 atom stereocenters. The Morgan fingerprint density at radius 1 is 1.31 bits per heavy atom.